The molecule has 1 aromatic heterocycles. The highest BCUT2D eigenvalue weighted by atomic mass is 16.5. The van der Waals surface area contributed by atoms with Crippen LogP contribution in [-0.2, 0) is 4.74 Å². The van der Waals surface area contributed by atoms with Gasteiger partial charge in [-0.05, 0) is 12.1 Å². The number of rotatable bonds is 1. The monoisotopic (exact) mass is 124 g/mol. The minimum atomic E-state index is 0.250. The minimum Gasteiger partial charge on any atom is -0.467 e. The molecule has 0 spiro atoms. The van der Waals surface area contributed by atoms with Crippen molar-refractivity contribution in [3.05, 3.63) is 24.2 Å². The van der Waals surface area contributed by atoms with Crippen molar-refractivity contribution < 1.29 is 9.15 Å². The van der Waals surface area contributed by atoms with Crippen LogP contribution in [0.25, 0.3) is 0 Å². The van der Waals surface area contributed by atoms with E-state index in [9.17, 15) is 0 Å². The third-order valence-corrected chi connectivity index (χ3v) is 1.56. The van der Waals surface area contributed by atoms with E-state index < -0.39 is 0 Å². The van der Waals surface area contributed by atoms with E-state index in [2.05, 4.69) is 0 Å². The molecule has 0 aliphatic carbocycles. The third kappa shape index (κ3) is 0.754. The van der Waals surface area contributed by atoms with Crippen LogP contribution in [0.3, 0.4) is 0 Å². The second-order valence-corrected chi connectivity index (χ2v) is 2.16. The Morgan fingerprint density at radius 2 is 2.44 bits per heavy atom. The van der Waals surface area contributed by atoms with E-state index in [1.807, 2.05) is 12.1 Å². The highest BCUT2D eigenvalue weighted by Gasteiger charge is 2.21. The summed E-state index contributed by atoms with van der Waals surface area (Å²) in [5, 5.41) is 0. The zero-order chi connectivity index (χ0) is 6.10. The van der Waals surface area contributed by atoms with Crippen molar-refractivity contribution >= 4 is 0 Å². The van der Waals surface area contributed by atoms with E-state index in [0.29, 0.717) is 0 Å². The predicted octanol–water partition coefficient (Wildman–Crippen LogP) is 1.74. The van der Waals surface area contributed by atoms with Gasteiger partial charge in [0, 0.05) is 6.42 Å². The summed E-state index contributed by atoms with van der Waals surface area (Å²) in [6.45, 7) is 0.880. The van der Waals surface area contributed by atoms with Crippen molar-refractivity contribution in [3.8, 4) is 0 Å². The summed E-state index contributed by atoms with van der Waals surface area (Å²) in [6.07, 6.45) is 3.03. The highest BCUT2D eigenvalue weighted by molar-refractivity contribution is 5.03. The van der Waals surface area contributed by atoms with Gasteiger partial charge >= 0.3 is 0 Å². The maximum Gasteiger partial charge on any atom is 0.132 e. The van der Waals surface area contributed by atoms with E-state index >= 15 is 0 Å². The summed E-state index contributed by atoms with van der Waals surface area (Å²) < 4.78 is 10.3. The molecule has 1 aromatic rings. The molecule has 2 rings (SSSR count). The molecular formula is C7H8O2. The molecule has 2 nitrogen and oxygen atoms in total. The summed E-state index contributed by atoms with van der Waals surface area (Å²) >= 11 is 0. The molecule has 0 aromatic carbocycles. The van der Waals surface area contributed by atoms with Gasteiger partial charge in [-0.15, -0.1) is 0 Å². The molecule has 1 aliphatic rings. The van der Waals surface area contributed by atoms with Crippen LogP contribution in [0, 0.1) is 0 Å². The van der Waals surface area contributed by atoms with Crippen molar-refractivity contribution in [2.24, 2.45) is 0 Å². The number of furan rings is 1. The second kappa shape index (κ2) is 1.88. The van der Waals surface area contributed by atoms with Crippen LogP contribution in [0.15, 0.2) is 22.8 Å². The molecule has 1 saturated heterocycles. The largest absolute Gasteiger partial charge is 0.467 e. The number of hydrogen-bond donors (Lipinski definition) is 0. The average Bonchev–Trinajstić information content (AvgIpc) is 2.11. The van der Waals surface area contributed by atoms with Gasteiger partial charge in [0.05, 0.1) is 12.9 Å². The van der Waals surface area contributed by atoms with Crippen LogP contribution >= 0.6 is 0 Å². The van der Waals surface area contributed by atoms with Crippen LogP contribution in [0.1, 0.15) is 18.3 Å². The van der Waals surface area contributed by atoms with E-state index in [1.165, 1.54) is 0 Å². The van der Waals surface area contributed by atoms with E-state index in [4.69, 9.17) is 9.15 Å². The fourth-order valence-electron chi connectivity index (χ4n) is 0.935. The molecular weight excluding hydrogens is 116 g/mol. The first-order chi connectivity index (χ1) is 4.47. The fourth-order valence-corrected chi connectivity index (χ4v) is 0.935. The van der Waals surface area contributed by atoms with Crippen molar-refractivity contribution in [2.45, 2.75) is 12.5 Å². The van der Waals surface area contributed by atoms with Crippen LogP contribution in [0.4, 0.5) is 0 Å². The molecule has 2 heteroatoms. The SMILES string of the molecule is c1coc(C2CCO2)c1. The second-order valence-electron chi connectivity index (χ2n) is 2.16. The maximum atomic E-state index is 5.18. The van der Waals surface area contributed by atoms with E-state index in [1.54, 1.807) is 6.26 Å². The van der Waals surface area contributed by atoms with Gasteiger partial charge in [-0.1, -0.05) is 0 Å². The molecule has 9 heavy (non-hydrogen) atoms. The first kappa shape index (κ1) is 5.06. The standard InChI is InChI=1S/C7H8O2/c1-2-6(8-4-1)7-3-5-9-7/h1-2,4,7H,3,5H2. The van der Waals surface area contributed by atoms with Gasteiger partial charge in [0.25, 0.3) is 0 Å². The number of ether oxygens (including phenoxy) is 1. The Morgan fingerprint density at radius 1 is 1.56 bits per heavy atom. The topological polar surface area (TPSA) is 22.4 Å². The molecule has 1 atom stereocenters. The minimum absolute atomic E-state index is 0.250. The van der Waals surface area contributed by atoms with Gasteiger partial charge in [0.2, 0.25) is 0 Å². The quantitative estimate of drug-likeness (QED) is 0.569. The molecule has 1 aliphatic heterocycles. The van der Waals surface area contributed by atoms with E-state index in [-0.39, 0.29) is 6.10 Å². The third-order valence-electron chi connectivity index (χ3n) is 1.56. The van der Waals surface area contributed by atoms with Gasteiger partial charge in [0.1, 0.15) is 11.9 Å². The zero-order valence-electron chi connectivity index (χ0n) is 5.04. The highest BCUT2D eigenvalue weighted by Crippen LogP contribution is 2.28. The molecule has 0 bridgehead atoms. The molecule has 48 valence electrons. The smallest absolute Gasteiger partial charge is 0.132 e. The molecule has 0 radical (unpaired) electrons. The Labute approximate surface area is 53.4 Å². The van der Waals surface area contributed by atoms with Crippen LogP contribution in [0.5, 0.6) is 0 Å². The lowest BCUT2D eigenvalue weighted by Gasteiger charge is -2.23. The predicted molar refractivity (Wildman–Crippen MR) is 32.0 cm³/mol. The van der Waals surface area contributed by atoms with Crippen LogP contribution in [-0.4, -0.2) is 6.61 Å². The van der Waals surface area contributed by atoms with Crippen LogP contribution in [0.2, 0.25) is 0 Å². The lowest BCUT2D eigenvalue weighted by Crippen LogP contribution is -2.17. The number of hydrogen-bond acceptors (Lipinski definition) is 2. The molecule has 1 unspecified atom stereocenters. The van der Waals surface area contributed by atoms with Crippen molar-refractivity contribution in [2.75, 3.05) is 6.61 Å². The van der Waals surface area contributed by atoms with Gasteiger partial charge in [-0.25, -0.2) is 0 Å². The first-order valence-corrected chi connectivity index (χ1v) is 3.12. The molecule has 0 saturated carbocycles. The van der Waals surface area contributed by atoms with Crippen molar-refractivity contribution in [1.82, 2.24) is 0 Å². The molecule has 0 N–H and O–H groups in total. The van der Waals surface area contributed by atoms with Crippen LogP contribution < -0.4 is 0 Å². The first-order valence-electron chi connectivity index (χ1n) is 3.12. The molecule has 2 heterocycles. The van der Waals surface area contributed by atoms with Gasteiger partial charge in [-0.2, -0.15) is 0 Å². The summed E-state index contributed by atoms with van der Waals surface area (Å²) in [5.41, 5.74) is 0. The normalized spacial score (nSPS) is 25.6. The Kier molecular flexibility index (Phi) is 1.06. The van der Waals surface area contributed by atoms with Gasteiger partial charge < -0.3 is 9.15 Å². The van der Waals surface area contributed by atoms with Crippen molar-refractivity contribution in [1.29, 1.82) is 0 Å². The molecule has 0 amide bonds. The fraction of sp³-hybridized carbons (Fsp3) is 0.429. The maximum absolute atomic E-state index is 5.18. The van der Waals surface area contributed by atoms with Gasteiger partial charge in [0.15, 0.2) is 0 Å². The Balaban J connectivity index is 2.14. The Morgan fingerprint density at radius 3 is 2.89 bits per heavy atom. The van der Waals surface area contributed by atoms with E-state index in [0.717, 1.165) is 18.8 Å². The Hall–Kier alpha value is -0.760. The van der Waals surface area contributed by atoms with Crippen molar-refractivity contribution in [3.63, 3.8) is 0 Å². The summed E-state index contributed by atoms with van der Waals surface area (Å²) in [4.78, 5) is 0. The zero-order valence-corrected chi connectivity index (χ0v) is 5.04. The summed E-state index contributed by atoms with van der Waals surface area (Å²) in [6, 6.07) is 3.83. The summed E-state index contributed by atoms with van der Waals surface area (Å²) in [5.74, 6) is 0.959. The average molecular weight is 124 g/mol. The Bertz CT molecular complexity index is 175. The molecule has 1 fully saturated rings. The summed E-state index contributed by atoms with van der Waals surface area (Å²) in [7, 11) is 0. The van der Waals surface area contributed by atoms with Gasteiger partial charge in [-0.3, -0.25) is 0 Å². The lowest BCUT2D eigenvalue weighted by molar-refractivity contribution is -0.0645. The lowest BCUT2D eigenvalue weighted by atomic mass is 10.1.